The number of benzene rings is 1. The highest BCUT2D eigenvalue weighted by molar-refractivity contribution is 5.66. The Morgan fingerprint density at radius 2 is 1.66 bits per heavy atom. The molecule has 1 aromatic heterocycles. The van der Waals surface area contributed by atoms with Crippen LogP contribution in [0.2, 0.25) is 0 Å². The molecule has 2 aromatic rings. The fraction of sp³-hybridized carbons (Fsp3) is 0.500. The van der Waals surface area contributed by atoms with Crippen molar-refractivity contribution in [1.29, 1.82) is 0 Å². The van der Waals surface area contributed by atoms with Crippen LogP contribution in [0.5, 0.6) is 5.75 Å². The summed E-state index contributed by atoms with van der Waals surface area (Å²) in [5, 5.41) is 3.18. The van der Waals surface area contributed by atoms with Crippen LogP contribution in [0.15, 0.2) is 49.2 Å². The van der Waals surface area contributed by atoms with Crippen molar-refractivity contribution in [3.8, 4) is 5.75 Å². The van der Waals surface area contributed by atoms with Gasteiger partial charge < -0.3 is 37.9 Å². The zero-order chi connectivity index (χ0) is 25.5. The molecule has 9 N–H and O–H groups in total. The SMILES string of the molecule is C1CC1.C=CNCCC(CCOc1cc(N)c(N)nc1N)N1CCN(C)CC1.Nc1ccccc1. The highest BCUT2D eigenvalue weighted by Crippen LogP contribution is 2.26. The lowest BCUT2D eigenvalue weighted by Crippen LogP contribution is -2.49. The van der Waals surface area contributed by atoms with E-state index >= 15 is 0 Å². The summed E-state index contributed by atoms with van der Waals surface area (Å²) in [5.41, 5.74) is 23.8. The molecule has 1 aliphatic carbocycles. The molecule has 2 aliphatic rings. The molecule has 1 aliphatic heterocycles. The van der Waals surface area contributed by atoms with Gasteiger partial charge in [-0.3, -0.25) is 4.90 Å². The van der Waals surface area contributed by atoms with Crippen LogP contribution in [0.4, 0.5) is 23.0 Å². The summed E-state index contributed by atoms with van der Waals surface area (Å²) in [5.74, 6) is 1.000. The monoisotopic (exact) mass is 484 g/mol. The van der Waals surface area contributed by atoms with Gasteiger partial charge in [-0.05, 0) is 38.2 Å². The summed E-state index contributed by atoms with van der Waals surface area (Å²) in [7, 11) is 2.16. The highest BCUT2D eigenvalue weighted by atomic mass is 16.5. The number of likely N-dealkylation sites (N-methyl/N-ethyl adjacent to an activating group) is 1. The van der Waals surface area contributed by atoms with E-state index in [1.54, 1.807) is 12.3 Å². The molecule has 9 heteroatoms. The molecular weight excluding hydrogens is 440 g/mol. The van der Waals surface area contributed by atoms with Gasteiger partial charge >= 0.3 is 0 Å². The molecule has 4 rings (SSSR count). The first-order valence-electron chi connectivity index (χ1n) is 12.4. The van der Waals surface area contributed by atoms with E-state index in [2.05, 4.69) is 33.7 Å². The van der Waals surface area contributed by atoms with E-state index in [0.717, 1.165) is 51.3 Å². The number of ether oxygens (including phenoxy) is 1. The van der Waals surface area contributed by atoms with Crippen LogP contribution >= 0.6 is 0 Å². The standard InChI is InChI=1S/C17H31N7O.C6H7N.C3H6/c1-3-21-6-4-13(24-9-7-23(2)8-10-24)5-11-25-15-12-14(18)16(19)22-17(15)20;7-6-4-2-1-3-5-6;1-2-3-1/h3,12-13,21H,1,4-11,18H2,2H3,(H4,19,20,22);1-5H,7H2;1-3H2. The smallest absolute Gasteiger partial charge is 0.168 e. The molecule has 1 atom stereocenters. The first kappa shape index (κ1) is 28.1. The normalized spacial score (nSPS) is 16.0. The lowest BCUT2D eigenvalue weighted by Gasteiger charge is -2.38. The number of anilines is 4. The second kappa shape index (κ2) is 15.7. The molecule has 2 heterocycles. The van der Waals surface area contributed by atoms with Crippen LogP contribution < -0.4 is 33.0 Å². The van der Waals surface area contributed by atoms with E-state index in [0.29, 0.717) is 24.1 Å². The topological polar surface area (TPSA) is 145 Å². The molecule has 194 valence electrons. The second-order valence-electron chi connectivity index (χ2n) is 8.89. The van der Waals surface area contributed by atoms with Gasteiger partial charge in [0.25, 0.3) is 0 Å². The molecule has 0 amide bonds. The van der Waals surface area contributed by atoms with Crippen molar-refractivity contribution in [2.24, 2.45) is 0 Å². The van der Waals surface area contributed by atoms with Gasteiger partial charge in [-0.25, -0.2) is 4.98 Å². The number of rotatable bonds is 9. The average Bonchev–Trinajstić information content (AvgIpc) is 3.73. The van der Waals surface area contributed by atoms with E-state index in [-0.39, 0.29) is 11.6 Å². The van der Waals surface area contributed by atoms with Crippen molar-refractivity contribution in [3.63, 3.8) is 0 Å². The first-order valence-corrected chi connectivity index (χ1v) is 12.4. The van der Waals surface area contributed by atoms with E-state index in [1.165, 1.54) is 19.3 Å². The van der Waals surface area contributed by atoms with Gasteiger partial charge in [-0.15, -0.1) is 0 Å². The molecule has 35 heavy (non-hydrogen) atoms. The summed E-state index contributed by atoms with van der Waals surface area (Å²) in [4.78, 5) is 8.89. The lowest BCUT2D eigenvalue weighted by atomic mass is 10.1. The lowest BCUT2D eigenvalue weighted by molar-refractivity contribution is 0.0935. The Morgan fingerprint density at radius 1 is 1.00 bits per heavy atom. The van der Waals surface area contributed by atoms with Crippen LogP contribution in [-0.4, -0.2) is 67.2 Å². The second-order valence-corrected chi connectivity index (χ2v) is 8.89. The third kappa shape index (κ3) is 11.7. The molecule has 1 aromatic carbocycles. The Balaban J connectivity index is 0.000000353. The molecular formula is C26H44N8O. The number of nitrogen functional groups attached to an aromatic ring is 4. The predicted molar refractivity (Wildman–Crippen MR) is 148 cm³/mol. The number of piperazine rings is 1. The molecule has 1 saturated heterocycles. The molecule has 2 fully saturated rings. The Kier molecular flexibility index (Phi) is 12.6. The van der Waals surface area contributed by atoms with Crippen LogP contribution in [0.25, 0.3) is 0 Å². The Labute approximate surface area is 210 Å². The van der Waals surface area contributed by atoms with Crippen LogP contribution in [0.1, 0.15) is 32.1 Å². The van der Waals surface area contributed by atoms with Gasteiger partial charge in [-0.1, -0.05) is 44.0 Å². The predicted octanol–water partition coefficient (Wildman–Crippen LogP) is 2.78. The fourth-order valence-electron chi connectivity index (χ4n) is 3.46. The first-order chi connectivity index (χ1) is 16.9. The minimum Gasteiger partial charge on any atom is -0.490 e. The van der Waals surface area contributed by atoms with Gasteiger partial charge in [0.05, 0.1) is 12.3 Å². The van der Waals surface area contributed by atoms with Gasteiger partial charge in [-0.2, -0.15) is 0 Å². The van der Waals surface area contributed by atoms with Gasteiger partial charge in [0, 0.05) is 50.5 Å². The highest BCUT2D eigenvalue weighted by Gasteiger charge is 2.22. The van der Waals surface area contributed by atoms with E-state index in [9.17, 15) is 0 Å². The zero-order valence-corrected chi connectivity index (χ0v) is 21.2. The Morgan fingerprint density at radius 3 is 2.20 bits per heavy atom. The molecule has 1 unspecified atom stereocenters. The largest absolute Gasteiger partial charge is 0.490 e. The number of nitrogens with two attached hydrogens (primary N) is 4. The minimum absolute atomic E-state index is 0.232. The third-order valence-corrected chi connectivity index (χ3v) is 5.76. The van der Waals surface area contributed by atoms with Crippen LogP contribution in [0.3, 0.4) is 0 Å². The van der Waals surface area contributed by atoms with Crippen molar-refractivity contribution in [2.75, 3.05) is 69.3 Å². The van der Waals surface area contributed by atoms with Gasteiger partial charge in [0.15, 0.2) is 11.6 Å². The minimum atomic E-state index is 0.232. The molecule has 0 radical (unpaired) electrons. The maximum absolute atomic E-state index is 5.85. The number of aromatic nitrogens is 1. The van der Waals surface area contributed by atoms with Gasteiger partial charge in [0.1, 0.15) is 5.82 Å². The Bertz CT molecular complexity index is 851. The van der Waals surface area contributed by atoms with Crippen LogP contribution in [-0.2, 0) is 0 Å². The van der Waals surface area contributed by atoms with Crippen molar-refractivity contribution >= 4 is 23.0 Å². The maximum Gasteiger partial charge on any atom is 0.168 e. The summed E-state index contributed by atoms with van der Waals surface area (Å²) in [6.07, 6.45) is 8.18. The fourth-order valence-corrected chi connectivity index (χ4v) is 3.46. The van der Waals surface area contributed by atoms with Crippen molar-refractivity contribution in [3.05, 3.63) is 49.2 Å². The van der Waals surface area contributed by atoms with E-state index < -0.39 is 0 Å². The van der Waals surface area contributed by atoms with Gasteiger partial charge in [0.2, 0.25) is 0 Å². The average molecular weight is 485 g/mol. The zero-order valence-electron chi connectivity index (χ0n) is 21.2. The molecule has 0 spiro atoms. The number of para-hydroxylation sites is 1. The third-order valence-electron chi connectivity index (χ3n) is 5.76. The number of hydrogen-bond donors (Lipinski definition) is 5. The summed E-state index contributed by atoms with van der Waals surface area (Å²) in [6, 6.07) is 11.6. The van der Waals surface area contributed by atoms with E-state index in [4.69, 9.17) is 27.7 Å². The molecule has 0 bridgehead atoms. The van der Waals surface area contributed by atoms with Crippen LogP contribution in [0, 0.1) is 0 Å². The number of hydrogen-bond acceptors (Lipinski definition) is 9. The maximum atomic E-state index is 5.85. The number of nitrogens with one attached hydrogen (secondary N) is 1. The molecule has 9 nitrogen and oxygen atoms in total. The molecule has 1 saturated carbocycles. The van der Waals surface area contributed by atoms with Crippen molar-refractivity contribution < 1.29 is 4.74 Å². The van der Waals surface area contributed by atoms with Crippen molar-refractivity contribution in [2.45, 2.75) is 38.1 Å². The number of nitrogens with zero attached hydrogens (tertiary/aromatic N) is 3. The summed E-state index contributed by atoms with van der Waals surface area (Å²) >= 11 is 0. The Hall–Kier alpha value is -3.17. The van der Waals surface area contributed by atoms with Crippen molar-refractivity contribution in [1.82, 2.24) is 20.1 Å². The number of pyridine rings is 1. The van der Waals surface area contributed by atoms with E-state index in [1.807, 2.05) is 30.3 Å². The summed E-state index contributed by atoms with van der Waals surface area (Å²) < 4.78 is 5.82. The summed E-state index contributed by atoms with van der Waals surface area (Å²) in [6.45, 7) is 9.51. The quantitative estimate of drug-likeness (QED) is 0.268.